The van der Waals surface area contributed by atoms with Crippen molar-refractivity contribution in [1.82, 2.24) is 0 Å². The highest BCUT2D eigenvalue weighted by molar-refractivity contribution is 7.47. The summed E-state index contributed by atoms with van der Waals surface area (Å²) in [7, 11) is -9.83. The fraction of sp³-hybridized carbons (Fsp3) is 0.686. The minimum atomic E-state index is -4.96. The number of esters is 3. The zero-order valence-electron chi connectivity index (χ0n) is 77.8. The number of aliphatic hydroxyl groups is 2. The second kappa shape index (κ2) is 95.7. The lowest BCUT2D eigenvalue weighted by Gasteiger charge is -2.21. The molecule has 5 atom stereocenters. The number of carbonyl (C=O) groups is 3. The number of phosphoric ester groups is 2. The Morgan fingerprint density at radius 3 is 0.667 bits per heavy atom. The van der Waals surface area contributed by atoms with Crippen molar-refractivity contribution in [2.24, 2.45) is 0 Å². The van der Waals surface area contributed by atoms with Gasteiger partial charge in [0.15, 0.2) is 6.10 Å². The number of unbranched alkanes of at least 4 members (excludes halogenated alkanes) is 39. The largest absolute Gasteiger partial charge is 0.472 e. The van der Waals surface area contributed by atoms with Crippen LogP contribution in [-0.4, -0.2) is 95.9 Å². The number of rotatable bonds is 92. The maximum atomic E-state index is 13.0. The number of allylic oxidation sites excluding steroid dienone is 30. The molecule has 0 aliphatic carbocycles. The van der Waals surface area contributed by atoms with E-state index >= 15 is 0 Å². The lowest BCUT2D eigenvalue weighted by Crippen LogP contribution is -2.30. The van der Waals surface area contributed by atoms with Crippen molar-refractivity contribution in [3.8, 4) is 0 Å². The third-order valence-electron chi connectivity index (χ3n) is 20.6. The van der Waals surface area contributed by atoms with Crippen molar-refractivity contribution >= 4 is 33.6 Å². The molecule has 0 aromatic heterocycles. The van der Waals surface area contributed by atoms with Gasteiger partial charge < -0.3 is 34.2 Å². The normalized spacial score (nSPS) is 14.5. The van der Waals surface area contributed by atoms with Crippen LogP contribution in [0.2, 0.25) is 0 Å². The number of hydrogen-bond acceptors (Lipinski definition) is 14. The number of hydrogen-bond donors (Lipinski definition) is 4. The molecule has 0 aromatic carbocycles. The lowest BCUT2D eigenvalue weighted by atomic mass is 10.0. The van der Waals surface area contributed by atoms with Crippen LogP contribution in [-0.2, 0) is 55.8 Å². The maximum Gasteiger partial charge on any atom is 0.472 e. The maximum absolute atomic E-state index is 13.0. The Hall–Kier alpha value is -5.35. The predicted molar refractivity (Wildman–Crippen MR) is 518 cm³/mol. The third-order valence-corrected chi connectivity index (χ3v) is 22.5. The van der Waals surface area contributed by atoms with Crippen LogP contribution in [0.25, 0.3) is 0 Å². The summed E-state index contributed by atoms with van der Waals surface area (Å²) >= 11 is 0. The van der Waals surface area contributed by atoms with Gasteiger partial charge in [0, 0.05) is 19.3 Å². The van der Waals surface area contributed by atoms with Crippen LogP contribution >= 0.6 is 15.6 Å². The van der Waals surface area contributed by atoms with Crippen LogP contribution in [0.3, 0.4) is 0 Å². The van der Waals surface area contributed by atoms with E-state index in [1.807, 2.05) is 12.2 Å². The number of ether oxygens (including phenoxy) is 3. The minimum Gasteiger partial charge on any atom is -0.463 e. The van der Waals surface area contributed by atoms with Crippen LogP contribution in [0.5, 0.6) is 0 Å². The lowest BCUT2D eigenvalue weighted by molar-refractivity contribution is -0.161. The quantitative estimate of drug-likeness (QED) is 0.0146. The summed E-state index contributed by atoms with van der Waals surface area (Å²) in [5.41, 5.74) is 0. The highest BCUT2D eigenvalue weighted by atomic mass is 31.2. The van der Waals surface area contributed by atoms with Gasteiger partial charge in [0.05, 0.1) is 26.4 Å². The predicted octanol–water partition coefficient (Wildman–Crippen LogP) is 30.8. The molecule has 123 heavy (non-hydrogen) atoms. The van der Waals surface area contributed by atoms with E-state index in [1.165, 1.54) is 205 Å². The molecular formula is C105H178O16P2. The molecule has 0 saturated carbocycles. The molecule has 18 heteroatoms. The van der Waals surface area contributed by atoms with Gasteiger partial charge in [0.2, 0.25) is 0 Å². The summed E-state index contributed by atoms with van der Waals surface area (Å²) in [6.45, 7) is 2.32. The highest BCUT2D eigenvalue weighted by Gasteiger charge is 2.30. The fourth-order valence-electron chi connectivity index (χ4n) is 13.3. The molecule has 0 bridgehead atoms. The molecule has 0 heterocycles. The monoisotopic (exact) mass is 1760 g/mol. The second-order valence-electron chi connectivity index (χ2n) is 32.4. The Bertz CT molecular complexity index is 2970. The van der Waals surface area contributed by atoms with E-state index in [0.717, 1.165) is 135 Å². The molecule has 0 rings (SSSR count). The molecule has 0 spiro atoms. The van der Waals surface area contributed by atoms with Crippen LogP contribution in [0.4, 0.5) is 0 Å². The first-order valence-corrected chi connectivity index (χ1v) is 52.1. The smallest absolute Gasteiger partial charge is 0.463 e. The van der Waals surface area contributed by atoms with Gasteiger partial charge in [-0.1, -0.05) is 421 Å². The Morgan fingerprint density at radius 2 is 0.415 bits per heavy atom. The molecule has 16 nitrogen and oxygen atoms in total. The summed E-state index contributed by atoms with van der Waals surface area (Å²) in [6.07, 6.45) is 127. The fourth-order valence-corrected chi connectivity index (χ4v) is 14.9. The van der Waals surface area contributed by atoms with E-state index < -0.39 is 91.5 Å². The van der Waals surface area contributed by atoms with Gasteiger partial charge >= 0.3 is 33.6 Å². The summed E-state index contributed by atoms with van der Waals surface area (Å²) in [5.74, 6) is -1.63. The first-order valence-electron chi connectivity index (χ1n) is 49.1. The highest BCUT2D eigenvalue weighted by Crippen LogP contribution is 2.45. The van der Waals surface area contributed by atoms with Crippen LogP contribution in [0.15, 0.2) is 182 Å². The molecule has 0 fully saturated rings. The Kier molecular flexibility index (Phi) is 91.6. The molecule has 0 amide bonds. The molecule has 5 unspecified atom stereocenters. The molecule has 0 aliphatic rings. The minimum absolute atomic E-state index is 0.0240. The van der Waals surface area contributed by atoms with E-state index in [0.29, 0.717) is 25.7 Å². The molecule has 0 aliphatic heterocycles. The van der Waals surface area contributed by atoms with Gasteiger partial charge in [-0.05, 0) is 148 Å². The molecule has 4 N–H and O–H groups in total. The zero-order chi connectivity index (χ0) is 89.3. The number of phosphoric acid groups is 2. The summed E-state index contributed by atoms with van der Waals surface area (Å²) in [4.78, 5) is 59.0. The third kappa shape index (κ3) is 97.1. The first-order chi connectivity index (χ1) is 60.2. The average molecular weight is 1760 g/mol. The number of carbonyl (C=O) groups excluding carboxylic acids is 3. The van der Waals surface area contributed by atoms with E-state index in [9.17, 15) is 43.5 Å². The summed E-state index contributed by atoms with van der Waals surface area (Å²) in [5, 5.41) is 20.7. The Balaban J connectivity index is 4.46. The molecule has 0 aromatic rings. The van der Waals surface area contributed by atoms with E-state index in [1.54, 1.807) is 0 Å². The average Bonchev–Trinajstić information content (AvgIpc) is 0.897. The van der Waals surface area contributed by atoms with Crippen molar-refractivity contribution in [2.45, 2.75) is 424 Å². The topological polar surface area (TPSA) is 231 Å². The summed E-state index contributed by atoms with van der Waals surface area (Å²) < 4.78 is 61.4. The Morgan fingerprint density at radius 1 is 0.228 bits per heavy atom. The van der Waals surface area contributed by atoms with E-state index in [2.05, 4.69) is 191 Å². The summed E-state index contributed by atoms with van der Waals surface area (Å²) in [6, 6.07) is 0. The van der Waals surface area contributed by atoms with Crippen molar-refractivity contribution in [2.75, 3.05) is 39.6 Å². The van der Waals surface area contributed by atoms with Crippen LogP contribution < -0.4 is 0 Å². The van der Waals surface area contributed by atoms with E-state index in [-0.39, 0.29) is 19.3 Å². The zero-order valence-corrected chi connectivity index (χ0v) is 79.6. The first kappa shape index (κ1) is 118. The van der Waals surface area contributed by atoms with Crippen molar-refractivity contribution < 1.29 is 75.8 Å². The SMILES string of the molecule is CC/C=C\C/C=C\C/C=C\C/C=C\C/C=C\CCCCCCCCCCCCCCCCCCCCCC(=O)OCC(O)COP(=O)(O)OCC(O)COP(=O)(O)OCC(COC(=O)CCCCCCCCCCCCCCCCCCCCC/C=C\C/C=C\C/C=C\C/C=C\C/C=C\CC)OC(=O)CCC/C=C\C/C=C\C/C=C\C/C=C\C/C=C\CC. The molecular weight excluding hydrogens is 1580 g/mol. The van der Waals surface area contributed by atoms with Gasteiger partial charge in [-0.3, -0.25) is 32.5 Å². The second-order valence-corrected chi connectivity index (χ2v) is 35.3. The van der Waals surface area contributed by atoms with Gasteiger partial charge in [0.25, 0.3) is 0 Å². The van der Waals surface area contributed by atoms with Crippen molar-refractivity contribution in [3.63, 3.8) is 0 Å². The van der Waals surface area contributed by atoms with Crippen molar-refractivity contribution in [3.05, 3.63) is 182 Å². The Labute approximate surface area is 751 Å². The van der Waals surface area contributed by atoms with Crippen molar-refractivity contribution in [1.29, 1.82) is 0 Å². The molecule has 0 saturated heterocycles. The van der Waals surface area contributed by atoms with E-state index in [4.69, 9.17) is 32.3 Å². The number of aliphatic hydroxyl groups excluding tert-OH is 2. The van der Waals surface area contributed by atoms with Gasteiger partial charge in [-0.15, -0.1) is 0 Å². The van der Waals surface area contributed by atoms with Crippen LogP contribution in [0.1, 0.15) is 406 Å². The molecule has 0 radical (unpaired) electrons. The van der Waals surface area contributed by atoms with Gasteiger partial charge in [0.1, 0.15) is 25.4 Å². The van der Waals surface area contributed by atoms with Gasteiger partial charge in [-0.25, -0.2) is 9.13 Å². The standard InChI is InChI=1S/C105H178O16P2/c1-4-7-10-13-16-19-22-25-28-31-33-35-37-39-41-43-45-47-49-51-53-55-57-59-61-63-65-68-70-73-76-79-82-85-88-91-103(108)115-94-100(106)95-117-122(111,112)118-96-101(107)97-119-123(113,114)120-99-102(121-105(110)93-90-87-84-81-78-75-72-67-30-27-24-21-18-15-12-9-6-3)98-116-104(109)92-89-86-83-80-77-74-71-69-66-64-62-60-58-56-54-52-50-48-46-44-42-40-38-36-34-32-29-26-23-20-17-14-11-8-5-2/h7-12,16-21,25-30,33-36,39-42,72,75,81,84,100-102,106-107H,4-6,13-15,22-24,31-32,37-38,43-71,73-74,76-80,82-83,85-99H2,1-3H3,(H,111,112)(H,113,114)/b10-7-,11-8-,12-9-,19-16-,20-17-,21-18-,28-25-,29-26-,30-27-,35-33-,36-34-,41-39-,42-40-,75-72-,84-81-. The van der Waals surface area contributed by atoms with Crippen LogP contribution in [0, 0.1) is 0 Å². The molecule has 704 valence electrons. The van der Waals surface area contributed by atoms with Gasteiger partial charge in [-0.2, -0.15) is 0 Å².